The molecular weight excluding hydrogens is 256 g/mol. The highest BCUT2D eigenvalue weighted by Crippen LogP contribution is 2.16. The van der Waals surface area contributed by atoms with Crippen LogP contribution in [0.15, 0.2) is 30.3 Å². The molecule has 0 N–H and O–H groups in total. The Balaban J connectivity index is 2.60. The smallest absolute Gasteiger partial charge is 0.309 e. The zero-order chi connectivity index (χ0) is 14.8. The van der Waals surface area contributed by atoms with Crippen molar-refractivity contribution in [2.75, 3.05) is 13.2 Å². The van der Waals surface area contributed by atoms with Gasteiger partial charge in [0, 0.05) is 6.42 Å². The Morgan fingerprint density at radius 1 is 1.05 bits per heavy atom. The first kappa shape index (κ1) is 16.2. The van der Waals surface area contributed by atoms with Crippen LogP contribution in [0.5, 0.6) is 0 Å². The van der Waals surface area contributed by atoms with Gasteiger partial charge in [-0.1, -0.05) is 30.3 Å². The number of carbonyl (C=O) groups is 2. The molecule has 0 spiro atoms. The highest BCUT2D eigenvalue weighted by molar-refractivity contribution is 5.74. The van der Waals surface area contributed by atoms with Crippen LogP contribution in [0.4, 0.5) is 0 Å². The summed E-state index contributed by atoms with van der Waals surface area (Å²) < 4.78 is 9.97. The third-order valence-electron chi connectivity index (χ3n) is 2.95. The lowest BCUT2D eigenvalue weighted by Gasteiger charge is -2.15. The minimum absolute atomic E-state index is 0.240. The molecule has 0 fully saturated rings. The molecule has 4 nitrogen and oxygen atoms in total. The topological polar surface area (TPSA) is 52.6 Å². The minimum Gasteiger partial charge on any atom is -0.466 e. The highest BCUT2D eigenvalue weighted by atomic mass is 16.5. The number of esters is 2. The third-order valence-corrected chi connectivity index (χ3v) is 2.95. The zero-order valence-electron chi connectivity index (χ0n) is 12.1. The molecule has 4 heteroatoms. The summed E-state index contributed by atoms with van der Waals surface area (Å²) in [4.78, 5) is 23.3. The molecule has 0 aliphatic rings. The largest absolute Gasteiger partial charge is 0.466 e. The van der Waals surface area contributed by atoms with E-state index < -0.39 is 0 Å². The fourth-order valence-corrected chi connectivity index (χ4v) is 1.99. The van der Waals surface area contributed by atoms with Gasteiger partial charge >= 0.3 is 11.9 Å². The van der Waals surface area contributed by atoms with Crippen LogP contribution in [0.1, 0.15) is 32.3 Å². The maximum Gasteiger partial charge on any atom is 0.309 e. The number of carbonyl (C=O) groups excluding carboxylic acids is 2. The minimum atomic E-state index is -0.304. The molecule has 0 amide bonds. The molecule has 0 saturated carbocycles. The highest BCUT2D eigenvalue weighted by Gasteiger charge is 2.21. The number of rotatable bonds is 8. The molecule has 0 aliphatic carbocycles. The van der Waals surface area contributed by atoms with Crippen LogP contribution < -0.4 is 0 Å². The molecule has 0 heterocycles. The van der Waals surface area contributed by atoms with Crippen molar-refractivity contribution in [3.8, 4) is 0 Å². The lowest BCUT2D eigenvalue weighted by atomic mass is 9.95. The monoisotopic (exact) mass is 278 g/mol. The average Bonchev–Trinajstić information content (AvgIpc) is 2.45. The van der Waals surface area contributed by atoms with Gasteiger partial charge in [-0.3, -0.25) is 9.59 Å². The quantitative estimate of drug-likeness (QED) is 0.686. The maximum absolute atomic E-state index is 11.9. The van der Waals surface area contributed by atoms with Crippen LogP contribution >= 0.6 is 0 Å². The van der Waals surface area contributed by atoms with Gasteiger partial charge in [0.1, 0.15) is 0 Å². The molecule has 1 rings (SSSR count). The standard InChI is InChI=1S/C16H22O4/c1-3-19-15(17)11-10-14(16(18)20-4-2)12-13-8-6-5-7-9-13/h5-9,14H,3-4,10-12H2,1-2H3. The summed E-state index contributed by atoms with van der Waals surface area (Å²) in [6, 6.07) is 9.74. The Kier molecular flexibility index (Phi) is 7.40. The third kappa shape index (κ3) is 5.87. The summed E-state index contributed by atoms with van der Waals surface area (Å²) in [5, 5.41) is 0. The first-order valence-electron chi connectivity index (χ1n) is 7.03. The average molecular weight is 278 g/mol. The van der Waals surface area contributed by atoms with Crippen molar-refractivity contribution in [1.82, 2.24) is 0 Å². The van der Waals surface area contributed by atoms with Crippen molar-refractivity contribution in [3.63, 3.8) is 0 Å². The summed E-state index contributed by atoms with van der Waals surface area (Å²) in [7, 11) is 0. The van der Waals surface area contributed by atoms with Gasteiger partial charge in [0.05, 0.1) is 19.1 Å². The molecule has 0 bridgehead atoms. The van der Waals surface area contributed by atoms with E-state index in [4.69, 9.17) is 9.47 Å². The molecule has 1 atom stereocenters. The van der Waals surface area contributed by atoms with Gasteiger partial charge in [-0.15, -0.1) is 0 Å². The van der Waals surface area contributed by atoms with Crippen molar-refractivity contribution >= 4 is 11.9 Å². The second kappa shape index (κ2) is 9.13. The number of ether oxygens (including phenoxy) is 2. The van der Waals surface area contributed by atoms with Crippen LogP contribution in [-0.2, 0) is 25.5 Å². The normalized spacial score (nSPS) is 11.7. The van der Waals surface area contributed by atoms with Gasteiger partial charge in [0.25, 0.3) is 0 Å². The van der Waals surface area contributed by atoms with Crippen molar-refractivity contribution in [2.24, 2.45) is 5.92 Å². The summed E-state index contributed by atoms with van der Waals surface area (Å²) in [5.41, 5.74) is 1.06. The molecule has 1 aromatic carbocycles. The van der Waals surface area contributed by atoms with Crippen molar-refractivity contribution in [2.45, 2.75) is 33.1 Å². The molecule has 1 unspecified atom stereocenters. The molecule has 0 aliphatic heterocycles. The Bertz CT molecular complexity index is 414. The predicted octanol–water partition coefficient (Wildman–Crippen LogP) is 2.75. The fourth-order valence-electron chi connectivity index (χ4n) is 1.99. The molecule has 0 aromatic heterocycles. The Morgan fingerprint density at radius 3 is 2.30 bits per heavy atom. The molecule has 0 radical (unpaired) electrons. The van der Waals surface area contributed by atoms with Crippen molar-refractivity contribution in [1.29, 1.82) is 0 Å². The van der Waals surface area contributed by atoms with Crippen LogP contribution in [0.2, 0.25) is 0 Å². The summed E-state index contributed by atoms with van der Waals surface area (Å²) in [6.45, 7) is 4.26. The molecular formula is C16H22O4. The van der Waals surface area contributed by atoms with Crippen LogP contribution in [-0.4, -0.2) is 25.2 Å². The first-order valence-corrected chi connectivity index (χ1v) is 7.03. The molecule has 0 saturated heterocycles. The first-order chi connectivity index (χ1) is 9.67. The fraction of sp³-hybridized carbons (Fsp3) is 0.500. The van der Waals surface area contributed by atoms with Gasteiger partial charge in [0.15, 0.2) is 0 Å². The van der Waals surface area contributed by atoms with Crippen LogP contribution in [0.25, 0.3) is 0 Å². The molecule has 110 valence electrons. The lowest BCUT2D eigenvalue weighted by molar-refractivity contribution is -0.149. The Labute approximate surface area is 120 Å². The van der Waals surface area contributed by atoms with Gasteiger partial charge in [-0.05, 0) is 32.3 Å². The van der Waals surface area contributed by atoms with Crippen molar-refractivity contribution in [3.05, 3.63) is 35.9 Å². The van der Waals surface area contributed by atoms with Gasteiger partial charge < -0.3 is 9.47 Å². The summed E-state index contributed by atoms with van der Waals surface area (Å²) in [5.74, 6) is -0.822. The second-order valence-electron chi connectivity index (χ2n) is 4.48. The zero-order valence-corrected chi connectivity index (χ0v) is 12.1. The van der Waals surface area contributed by atoms with E-state index in [1.807, 2.05) is 30.3 Å². The van der Waals surface area contributed by atoms with Crippen LogP contribution in [0.3, 0.4) is 0 Å². The predicted molar refractivity (Wildman–Crippen MR) is 76.1 cm³/mol. The molecule has 20 heavy (non-hydrogen) atoms. The Hall–Kier alpha value is -1.84. The van der Waals surface area contributed by atoms with Crippen LogP contribution in [0, 0.1) is 5.92 Å². The van der Waals surface area contributed by atoms with E-state index in [0.29, 0.717) is 26.1 Å². The van der Waals surface area contributed by atoms with Gasteiger partial charge in [-0.2, -0.15) is 0 Å². The van der Waals surface area contributed by atoms with E-state index in [1.54, 1.807) is 13.8 Å². The van der Waals surface area contributed by atoms with Crippen molar-refractivity contribution < 1.29 is 19.1 Å². The van der Waals surface area contributed by atoms with E-state index in [2.05, 4.69) is 0 Å². The SMILES string of the molecule is CCOC(=O)CCC(Cc1ccccc1)C(=O)OCC. The van der Waals surface area contributed by atoms with E-state index in [0.717, 1.165) is 5.56 Å². The Morgan fingerprint density at radius 2 is 1.70 bits per heavy atom. The number of hydrogen-bond acceptors (Lipinski definition) is 4. The lowest BCUT2D eigenvalue weighted by Crippen LogP contribution is -2.21. The number of hydrogen-bond donors (Lipinski definition) is 0. The summed E-state index contributed by atoms with van der Waals surface area (Å²) >= 11 is 0. The number of benzene rings is 1. The van der Waals surface area contributed by atoms with E-state index in [-0.39, 0.29) is 24.3 Å². The van der Waals surface area contributed by atoms with E-state index >= 15 is 0 Å². The summed E-state index contributed by atoms with van der Waals surface area (Å²) in [6.07, 6.45) is 1.27. The molecule has 1 aromatic rings. The second-order valence-corrected chi connectivity index (χ2v) is 4.48. The maximum atomic E-state index is 11.9. The van der Waals surface area contributed by atoms with E-state index in [9.17, 15) is 9.59 Å². The van der Waals surface area contributed by atoms with Gasteiger partial charge in [0.2, 0.25) is 0 Å². The van der Waals surface area contributed by atoms with Gasteiger partial charge in [-0.25, -0.2) is 0 Å². The van der Waals surface area contributed by atoms with E-state index in [1.165, 1.54) is 0 Å².